The Bertz CT molecular complexity index is 770. The molecule has 2 aromatic carbocycles. The Hall–Kier alpha value is -2.25. The van der Waals surface area contributed by atoms with Gasteiger partial charge in [0.15, 0.2) is 5.11 Å². The van der Waals surface area contributed by atoms with Crippen LogP contribution in [0.5, 0.6) is 5.75 Å². The zero-order valence-electron chi connectivity index (χ0n) is 14.4. The number of anilines is 1. The van der Waals surface area contributed by atoms with Crippen molar-refractivity contribution in [1.82, 2.24) is 5.32 Å². The van der Waals surface area contributed by atoms with Gasteiger partial charge in [-0.15, -0.1) is 11.8 Å². The minimum atomic E-state index is -0.701. The molecule has 0 amide bonds. The van der Waals surface area contributed by atoms with Crippen molar-refractivity contribution in [2.24, 2.45) is 0 Å². The van der Waals surface area contributed by atoms with E-state index in [1.807, 2.05) is 47.4 Å². The smallest absolute Gasteiger partial charge is 0.348 e. The summed E-state index contributed by atoms with van der Waals surface area (Å²) in [5.74, 6) is 1.10. The predicted molar refractivity (Wildman–Crippen MR) is 108 cm³/mol. The molecule has 0 spiro atoms. The van der Waals surface area contributed by atoms with Crippen LogP contribution in [-0.2, 0) is 9.53 Å². The maximum Gasteiger partial charge on any atom is 0.348 e. The van der Waals surface area contributed by atoms with Gasteiger partial charge < -0.3 is 19.7 Å². The molecule has 1 N–H and O–H groups in total. The number of thiocarbonyl (C=S) groups is 1. The Morgan fingerprint density at radius 1 is 1.27 bits per heavy atom. The third kappa shape index (κ3) is 4.47. The van der Waals surface area contributed by atoms with E-state index in [0.29, 0.717) is 17.4 Å². The van der Waals surface area contributed by atoms with Crippen LogP contribution < -0.4 is 15.0 Å². The van der Waals surface area contributed by atoms with E-state index in [1.165, 1.54) is 12.0 Å². The molecule has 5 nitrogen and oxygen atoms in total. The van der Waals surface area contributed by atoms with Crippen LogP contribution in [-0.4, -0.2) is 43.1 Å². The van der Waals surface area contributed by atoms with E-state index >= 15 is 0 Å². The molecule has 136 valence electrons. The Labute approximate surface area is 162 Å². The van der Waals surface area contributed by atoms with Gasteiger partial charge in [0.25, 0.3) is 0 Å². The minimum absolute atomic E-state index is 0.321. The number of esters is 1. The molecule has 2 aromatic rings. The van der Waals surface area contributed by atoms with E-state index in [0.717, 1.165) is 18.0 Å². The molecule has 1 aliphatic rings. The van der Waals surface area contributed by atoms with E-state index in [-0.39, 0.29) is 0 Å². The Morgan fingerprint density at radius 3 is 2.77 bits per heavy atom. The maximum atomic E-state index is 11.9. The summed E-state index contributed by atoms with van der Waals surface area (Å²) in [7, 11) is 1.36. The first-order valence-corrected chi connectivity index (χ1v) is 9.65. The van der Waals surface area contributed by atoms with Crippen LogP contribution in [0.2, 0.25) is 0 Å². The molecule has 3 rings (SSSR count). The fourth-order valence-corrected chi connectivity index (χ4v) is 3.68. The van der Waals surface area contributed by atoms with E-state index in [1.54, 1.807) is 11.8 Å². The van der Waals surface area contributed by atoms with Crippen molar-refractivity contribution < 1.29 is 14.3 Å². The van der Waals surface area contributed by atoms with Gasteiger partial charge in [-0.2, -0.15) is 0 Å². The van der Waals surface area contributed by atoms with Crippen molar-refractivity contribution in [3.63, 3.8) is 0 Å². The quantitative estimate of drug-likeness (QED) is 0.366. The molecule has 1 atom stereocenters. The second-order valence-electron chi connectivity index (χ2n) is 5.60. The third-order valence-electron chi connectivity index (χ3n) is 3.87. The minimum Gasteiger partial charge on any atom is -0.475 e. The molecule has 0 unspecified atom stereocenters. The lowest BCUT2D eigenvalue weighted by molar-refractivity contribution is -0.148. The molecule has 0 saturated heterocycles. The number of hydrogen-bond donors (Lipinski definition) is 1. The van der Waals surface area contributed by atoms with Crippen LogP contribution in [0.1, 0.15) is 0 Å². The lowest BCUT2D eigenvalue weighted by Gasteiger charge is -2.35. The molecular formula is C19H20N2O3S2. The summed E-state index contributed by atoms with van der Waals surface area (Å²) in [6.07, 6.45) is -0.701. The van der Waals surface area contributed by atoms with Gasteiger partial charge in [-0.05, 0) is 36.5 Å². The first kappa shape index (κ1) is 18.5. The lowest BCUT2D eigenvalue weighted by atomic mass is 10.2. The monoisotopic (exact) mass is 388 g/mol. The van der Waals surface area contributed by atoms with Crippen LogP contribution in [0.4, 0.5) is 5.69 Å². The summed E-state index contributed by atoms with van der Waals surface area (Å²) in [4.78, 5) is 15.0. The molecule has 0 aromatic heterocycles. The number of para-hydroxylation sites is 2. The number of methoxy groups -OCH3 is 1. The molecule has 0 saturated carbocycles. The van der Waals surface area contributed by atoms with Gasteiger partial charge in [-0.1, -0.05) is 30.3 Å². The average Bonchev–Trinajstić information content (AvgIpc) is 2.70. The van der Waals surface area contributed by atoms with Crippen molar-refractivity contribution in [2.75, 3.05) is 30.9 Å². The molecular weight excluding hydrogens is 368 g/mol. The van der Waals surface area contributed by atoms with Gasteiger partial charge in [0, 0.05) is 17.2 Å². The number of hydrogen-bond acceptors (Lipinski definition) is 5. The van der Waals surface area contributed by atoms with E-state index in [9.17, 15) is 4.79 Å². The summed E-state index contributed by atoms with van der Waals surface area (Å²) in [5.41, 5.74) is 0.848. The van der Waals surface area contributed by atoms with E-state index in [2.05, 4.69) is 17.4 Å². The zero-order chi connectivity index (χ0) is 18.4. The van der Waals surface area contributed by atoms with E-state index < -0.39 is 12.1 Å². The van der Waals surface area contributed by atoms with Gasteiger partial charge >= 0.3 is 5.97 Å². The molecule has 1 heterocycles. The van der Waals surface area contributed by atoms with E-state index in [4.69, 9.17) is 21.7 Å². The predicted octanol–water partition coefficient (Wildman–Crippen LogP) is 3.09. The number of nitrogens with zero attached hydrogens (tertiary/aromatic N) is 1. The Balaban J connectivity index is 1.61. The maximum absolute atomic E-state index is 11.9. The van der Waals surface area contributed by atoms with Gasteiger partial charge in [0.1, 0.15) is 5.75 Å². The van der Waals surface area contributed by atoms with Gasteiger partial charge in [0.2, 0.25) is 6.10 Å². The number of ether oxygens (including phenoxy) is 2. The number of fused-ring (bicyclic) bond motifs is 1. The summed E-state index contributed by atoms with van der Waals surface area (Å²) in [6.45, 7) is 1.04. The van der Waals surface area contributed by atoms with Crippen LogP contribution >= 0.6 is 24.0 Å². The largest absolute Gasteiger partial charge is 0.475 e. The fourth-order valence-electron chi connectivity index (χ4n) is 2.62. The SMILES string of the molecule is COC(=O)[C@H]1CN(C(=S)NCCSc2ccccc2)c2ccccc2O1. The molecule has 0 radical (unpaired) electrons. The molecule has 0 aliphatic carbocycles. The second kappa shape index (κ2) is 8.91. The Morgan fingerprint density at radius 2 is 2.00 bits per heavy atom. The lowest BCUT2D eigenvalue weighted by Crippen LogP contribution is -2.51. The molecule has 0 fully saturated rings. The Kier molecular flexibility index (Phi) is 6.35. The highest BCUT2D eigenvalue weighted by atomic mass is 32.2. The van der Waals surface area contributed by atoms with Crippen molar-refractivity contribution in [3.05, 3.63) is 54.6 Å². The number of carbonyl (C=O) groups is 1. The fraction of sp³-hybridized carbons (Fsp3) is 0.263. The van der Waals surface area contributed by atoms with Crippen LogP contribution in [0, 0.1) is 0 Å². The van der Waals surface area contributed by atoms with Crippen molar-refractivity contribution in [1.29, 1.82) is 0 Å². The number of nitrogens with one attached hydrogen (secondary N) is 1. The number of thioether (sulfide) groups is 1. The molecule has 0 bridgehead atoms. The third-order valence-corrected chi connectivity index (χ3v) is 5.25. The number of benzene rings is 2. The normalized spacial score (nSPS) is 15.6. The molecule has 7 heteroatoms. The molecule has 26 heavy (non-hydrogen) atoms. The standard InChI is InChI=1S/C19H20N2O3S2/c1-23-18(22)17-13-21(15-9-5-6-10-16(15)24-17)19(25)20-11-12-26-14-7-3-2-4-8-14/h2-10,17H,11-13H2,1H3,(H,20,25)/t17-/m1/s1. The first-order chi connectivity index (χ1) is 12.7. The summed E-state index contributed by atoms with van der Waals surface area (Å²) >= 11 is 7.32. The van der Waals surface area contributed by atoms with Crippen molar-refractivity contribution in [3.8, 4) is 5.75 Å². The highest BCUT2D eigenvalue weighted by molar-refractivity contribution is 7.99. The first-order valence-electron chi connectivity index (χ1n) is 8.26. The highest BCUT2D eigenvalue weighted by Gasteiger charge is 2.32. The summed E-state index contributed by atoms with van der Waals surface area (Å²) in [6, 6.07) is 17.8. The summed E-state index contributed by atoms with van der Waals surface area (Å²) < 4.78 is 10.6. The van der Waals surface area contributed by atoms with Crippen molar-refractivity contribution >= 4 is 40.7 Å². The van der Waals surface area contributed by atoms with Gasteiger partial charge in [-0.25, -0.2) is 4.79 Å². The highest BCUT2D eigenvalue weighted by Crippen LogP contribution is 2.33. The number of rotatable bonds is 5. The second-order valence-corrected chi connectivity index (χ2v) is 7.16. The van der Waals surface area contributed by atoms with Crippen LogP contribution in [0.15, 0.2) is 59.5 Å². The van der Waals surface area contributed by atoms with Gasteiger partial charge in [0.05, 0.1) is 19.3 Å². The zero-order valence-corrected chi connectivity index (χ0v) is 16.0. The van der Waals surface area contributed by atoms with Crippen LogP contribution in [0.3, 0.4) is 0 Å². The topological polar surface area (TPSA) is 50.8 Å². The van der Waals surface area contributed by atoms with Crippen LogP contribution in [0.25, 0.3) is 0 Å². The van der Waals surface area contributed by atoms with Gasteiger partial charge in [-0.3, -0.25) is 0 Å². The van der Waals surface area contributed by atoms with Crippen molar-refractivity contribution in [2.45, 2.75) is 11.0 Å². The summed E-state index contributed by atoms with van der Waals surface area (Å²) in [5, 5.41) is 3.84. The molecule has 1 aliphatic heterocycles. The average molecular weight is 389 g/mol. The number of carbonyl (C=O) groups excluding carboxylic acids is 1.